The number of alkyl halides is 3. The number of anilines is 1. The monoisotopic (exact) mass is 556 g/mol. The molecular weight excluding hydrogens is 523 g/mol. The van der Waals surface area contributed by atoms with Gasteiger partial charge < -0.3 is 24.3 Å². The van der Waals surface area contributed by atoms with Gasteiger partial charge in [0.2, 0.25) is 0 Å². The number of rotatable bonds is 9. The molecule has 0 fully saturated rings. The minimum atomic E-state index is -4.83. The summed E-state index contributed by atoms with van der Waals surface area (Å²) >= 11 is 0. The van der Waals surface area contributed by atoms with Crippen molar-refractivity contribution in [3.63, 3.8) is 0 Å². The highest BCUT2D eigenvalue weighted by molar-refractivity contribution is 6.36. The molecule has 0 spiro atoms. The van der Waals surface area contributed by atoms with Crippen molar-refractivity contribution in [3.8, 4) is 22.6 Å². The van der Waals surface area contributed by atoms with E-state index in [0.717, 1.165) is 23.3 Å². The SMILES string of the molecule is CCC(CC)Oc1ccc(N(Cc2ccc(C(C)(C)C)cc2)C(=O)C(=O)[O-])cc1-c1ccc(OC(F)(F)F)cc1. The van der Waals surface area contributed by atoms with Gasteiger partial charge in [0.25, 0.3) is 5.91 Å². The highest BCUT2D eigenvalue weighted by atomic mass is 19.4. The van der Waals surface area contributed by atoms with E-state index in [-0.39, 0.29) is 29.5 Å². The van der Waals surface area contributed by atoms with Crippen LogP contribution in [0.15, 0.2) is 66.7 Å². The number of carbonyl (C=O) groups excluding carboxylic acids is 2. The van der Waals surface area contributed by atoms with Crippen molar-refractivity contribution in [2.45, 2.75) is 71.9 Å². The molecule has 0 unspecified atom stereocenters. The number of hydrogen-bond donors (Lipinski definition) is 0. The van der Waals surface area contributed by atoms with E-state index in [9.17, 15) is 27.9 Å². The second-order valence-electron chi connectivity index (χ2n) is 10.4. The second-order valence-corrected chi connectivity index (χ2v) is 10.4. The summed E-state index contributed by atoms with van der Waals surface area (Å²) in [6.45, 7) is 10.1. The zero-order valence-corrected chi connectivity index (χ0v) is 23.2. The molecule has 0 N–H and O–H groups in total. The van der Waals surface area contributed by atoms with Crippen LogP contribution >= 0.6 is 0 Å². The van der Waals surface area contributed by atoms with E-state index >= 15 is 0 Å². The Balaban J connectivity index is 2.06. The maximum absolute atomic E-state index is 12.8. The Bertz CT molecular complexity index is 1310. The Morgan fingerprint density at radius 1 is 0.900 bits per heavy atom. The lowest BCUT2D eigenvalue weighted by atomic mass is 9.87. The fraction of sp³-hybridized carbons (Fsp3) is 0.355. The zero-order valence-electron chi connectivity index (χ0n) is 23.2. The number of carboxylic acid groups (broad SMARTS) is 1. The summed E-state index contributed by atoms with van der Waals surface area (Å²) in [5.41, 5.74) is 2.93. The van der Waals surface area contributed by atoms with Gasteiger partial charge in [0.05, 0.1) is 12.6 Å². The van der Waals surface area contributed by atoms with Crippen LogP contribution in [0.1, 0.15) is 58.6 Å². The quantitative estimate of drug-likeness (QED) is 0.285. The summed E-state index contributed by atoms with van der Waals surface area (Å²) in [7, 11) is 0. The van der Waals surface area contributed by atoms with Gasteiger partial charge in [-0.2, -0.15) is 0 Å². The minimum Gasteiger partial charge on any atom is -0.540 e. The summed E-state index contributed by atoms with van der Waals surface area (Å²) < 4.78 is 48.1. The molecule has 0 bridgehead atoms. The van der Waals surface area contributed by atoms with Crippen molar-refractivity contribution >= 4 is 17.6 Å². The van der Waals surface area contributed by atoms with E-state index < -0.39 is 18.2 Å². The number of ether oxygens (including phenoxy) is 2. The number of aliphatic carboxylic acids is 1. The van der Waals surface area contributed by atoms with Gasteiger partial charge in [-0.3, -0.25) is 4.79 Å². The first-order valence-electron chi connectivity index (χ1n) is 13.0. The Hall–Kier alpha value is -4.01. The molecule has 40 heavy (non-hydrogen) atoms. The second kappa shape index (κ2) is 12.4. The van der Waals surface area contributed by atoms with E-state index in [1.54, 1.807) is 18.2 Å². The third-order valence-electron chi connectivity index (χ3n) is 6.46. The molecule has 0 aliphatic rings. The summed E-state index contributed by atoms with van der Waals surface area (Å²) in [5, 5.41) is 11.7. The van der Waals surface area contributed by atoms with E-state index in [2.05, 4.69) is 25.5 Å². The molecule has 1 amide bonds. The van der Waals surface area contributed by atoms with Crippen LogP contribution in [0.25, 0.3) is 11.1 Å². The number of benzene rings is 3. The van der Waals surface area contributed by atoms with Crippen LogP contribution in [0.5, 0.6) is 11.5 Å². The van der Waals surface area contributed by atoms with Gasteiger partial charge in [-0.05, 0) is 65.3 Å². The van der Waals surface area contributed by atoms with Gasteiger partial charge >= 0.3 is 6.36 Å². The first-order chi connectivity index (χ1) is 18.7. The molecule has 0 aliphatic heterocycles. The predicted molar refractivity (Wildman–Crippen MR) is 145 cm³/mol. The van der Waals surface area contributed by atoms with Crippen LogP contribution < -0.4 is 19.5 Å². The van der Waals surface area contributed by atoms with Crippen LogP contribution in [-0.4, -0.2) is 24.3 Å². The molecule has 9 heteroatoms. The number of nitrogens with zero attached hydrogens (tertiary/aromatic N) is 1. The van der Waals surface area contributed by atoms with Crippen molar-refractivity contribution < 1.29 is 37.3 Å². The summed E-state index contributed by atoms with van der Waals surface area (Å²) in [6, 6.07) is 17.6. The van der Waals surface area contributed by atoms with Gasteiger partial charge in [0.1, 0.15) is 17.5 Å². The topological polar surface area (TPSA) is 78.9 Å². The van der Waals surface area contributed by atoms with Crippen molar-refractivity contribution in [1.29, 1.82) is 0 Å². The number of carboxylic acids is 1. The van der Waals surface area contributed by atoms with Gasteiger partial charge in [-0.1, -0.05) is 71.0 Å². The highest BCUT2D eigenvalue weighted by Gasteiger charge is 2.31. The standard InChI is InChI=1S/C31H34F3NO5/c1-6-24(7-2)39-27-17-14-23(18-26(27)21-10-15-25(16-11-21)40-31(32,33)34)35(28(36)29(37)38)19-20-8-12-22(13-9-20)30(3,4)5/h8-18,24H,6-7,19H2,1-5H3,(H,37,38)/p-1. The summed E-state index contributed by atoms with van der Waals surface area (Å²) in [4.78, 5) is 25.5. The molecular formula is C31H33F3NO5-. The van der Waals surface area contributed by atoms with Crippen LogP contribution in [0.2, 0.25) is 0 Å². The molecule has 6 nitrogen and oxygen atoms in total. The lowest BCUT2D eigenvalue weighted by Gasteiger charge is -2.26. The van der Waals surface area contributed by atoms with Gasteiger partial charge in [0.15, 0.2) is 0 Å². The fourth-order valence-corrected chi connectivity index (χ4v) is 4.17. The average molecular weight is 557 g/mol. The summed E-state index contributed by atoms with van der Waals surface area (Å²) in [5.74, 6) is -3.04. The normalized spacial score (nSPS) is 11.8. The Labute approximate surface area is 232 Å². The molecule has 0 heterocycles. The fourth-order valence-electron chi connectivity index (χ4n) is 4.17. The molecule has 3 aromatic rings. The molecule has 0 saturated heterocycles. The minimum absolute atomic E-state index is 0.0399. The van der Waals surface area contributed by atoms with Crippen LogP contribution in [-0.2, 0) is 21.5 Å². The number of hydrogen-bond acceptors (Lipinski definition) is 5. The number of amides is 1. The van der Waals surface area contributed by atoms with Gasteiger partial charge in [-0.25, -0.2) is 0 Å². The lowest BCUT2D eigenvalue weighted by Crippen LogP contribution is -2.44. The first kappa shape index (κ1) is 30.5. The van der Waals surface area contributed by atoms with E-state index in [1.807, 2.05) is 38.1 Å². The zero-order chi connectivity index (χ0) is 29.7. The third-order valence-corrected chi connectivity index (χ3v) is 6.46. The number of halogens is 3. The van der Waals surface area contributed by atoms with Crippen molar-refractivity contribution in [1.82, 2.24) is 0 Å². The molecule has 0 saturated carbocycles. The smallest absolute Gasteiger partial charge is 0.540 e. The van der Waals surface area contributed by atoms with E-state index in [0.29, 0.717) is 22.4 Å². The summed E-state index contributed by atoms with van der Waals surface area (Å²) in [6.07, 6.45) is -3.52. The molecule has 0 aromatic heterocycles. The largest absolute Gasteiger partial charge is 0.573 e. The molecule has 3 aromatic carbocycles. The van der Waals surface area contributed by atoms with E-state index in [4.69, 9.17) is 4.74 Å². The Kier molecular flexibility index (Phi) is 9.50. The molecule has 3 rings (SSSR count). The molecule has 0 aliphatic carbocycles. The maximum atomic E-state index is 12.8. The third kappa shape index (κ3) is 8.00. The Morgan fingerprint density at radius 3 is 2.00 bits per heavy atom. The number of carbonyl (C=O) groups is 2. The predicted octanol–water partition coefficient (Wildman–Crippen LogP) is 6.40. The van der Waals surface area contributed by atoms with Crippen molar-refractivity contribution in [2.24, 2.45) is 0 Å². The van der Waals surface area contributed by atoms with Crippen molar-refractivity contribution in [3.05, 3.63) is 77.9 Å². The van der Waals surface area contributed by atoms with E-state index in [1.165, 1.54) is 24.3 Å². The maximum Gasteiger partial charge on any atom is 0.573 e. The van der Waals surface area contributed by atoms with Gasteiger partial charge in [-0.15, -0.1) is 13.2 Å². The van der Waals surface area contributed by atoms with Crippen LogP contribution in [0.3, 0.4) is 0 Å². The van der Waals surface area contributed by atoms with Crippen molar-refractivity contribution in [2.75, 3.05) is 4.90 Å². The van der Waals surface area contributed by atoms with Crippen LogP contribution in [0, 0.1) is 0 Å². The average Bonchev–Trinajstić information content (AvgIpc) is 2.89. The highest BCUT2D eigenvalue weighted by Crippen LogP contribution is 2.37. The molecule has 214 valence electrons. The van der Waals surface area contributed by atoms with Gasteiger partial charge in [0, 0.05) is 11.3 Å². The molecule has 0 radical (unpaired) electrons. The Morgan fingerprint density at radius 2 is 1.50 bits per heavy atom. The molecule has 0 atom stereocenters. The lowest BCUT2D eigenvalue weighted by molar-refractivity contribution is -0.300. The first-order valence-corrected chi connectivity index (χ1v) is 13.0. The van der Waals surface area contributed by atoms with Crippen LogP contribution in [0.4, 0.5) is 18.9 Å².